The zero-order valence-corrected chi connectivity index (χ0v) is 11.7. The van der Waals surface area contributed by atoms with Crippen molar-refractivity contribution in [2.75, 3.05) is 0 Å². The highest BCUT2D eigenvalue weighted by molar-refractivity contribution is 5.94. The summed E-state index contributed by atoms with van der Waals surface area (Å²) < 4.78 is 1.55. The molecule has 0 bridgehead atoms. The number of rotatable bonds is 6. The Morgan fingerprint density at radius 3 is 2.62 bits per heavy atom. The topological polar surface area (TPSA) is 84.2 Å². The Labute approximate surface area is 122 Å². The molecule has 2 N–H and O–H groups in total. The molecule has 0 saturated carbocycles. The third kappa shape index (κ3) is 4.17. The Morgan fingerprint density at radius 2 is 2.05 bits per heavy atom. The quantitative estimate of drug-likeness (QED) is 0.847. The van der Waals surface area contributed by atoms with Crippen LogP contribution < -0.4 is 5.32 Å². The van der Waals surface area contributed by atoms with Gasteiger partial charge in [-0.3, -0.25) is 14.3 Å². The molecule has 1 heterocycles. The summed E-state index contributed by atoms with van der Waals surface area (Å²) in [5.74, 6) is -1.14. The lowest BCUT2D eigenvalue weighted by molar-refractivity contribution is -0.137. The summed E-state index contributed by atoms with van der Waals surface area (Å²) in [7, 11) is 1.73. The molecule has 2 aromatic rings. The number of nitrogens with one attached hydrogen (secondary N) is 1. The number of aryl methyl sites for hydroxylation is 1. The van der Waals surface area contributed by atoms with Crippen molar-refractivity contribution in [3.8, 4) is 0 Å². The Kier molecular flexibility index (Phi) is 4.71. The summed E-state index contributed by atoms with van der Waals surface area (Å²) in [6.45, 7) is 0. The molecule has 0 unspecified atom stereocenters. The molecule has 0 radical (unpaired) electrons. The number of hydrogen-bond donors (Lipinski definition) is 2. The average molecular weight is 287 g/mol. The molecule has 1 aromatic heterocycles. The van der Waals surface area contributed by atoms with Crippen LogP contribution in [0.4, 0.5) is 0 Å². The van der Waals surface area contributed by atoms with Gasteiger partial charge < -0.3 is 10.4 Å². The number of amides is 1. The number of benzene rings is 1. The van der Waals surface area contributed by atoms with Crippen molar-refractivity contribution in [3.63, 3.8) is 0 Å². The SMILES string of the molecule is Cn1cc(C(=O)N[C@@H](CCC(=O)O)c2ccccc2)cn1. The van der Waals surface area contributed by atoms with Gasteiger partial charge in [-0.15, -0.1) is 0 Å². The fourth-order valence-electron chi connectivity index (χ4n) is 2.06. The van der Waals surface area contributed by atoms with Gasteiger partial charge in [-0.25, -0.2) is 0 Å². The first-order chi connectivity index (χ1) is 10.1. The molecule has 2 rings (SSSR count). The van der Waals surface area contributed by atoms with E-state index in [4.69, 9.17) is 5.11 Å². The van der Waals surface area contributed by atoms with Crippen LogP contribution in [0, 0.1) is 0 Å². The van der Waals surface area contributed by atoms with Crippen LogP contribution in [0.15, 0.2) is 42.7 Å². The van der Waals surface area contributed by atoms with Crippen molar-refractivity contribution in [3.05, 3.63) is 53.9 Å². The standard InChI is InChI=1S/C15H17N3O3/c1-18-10-12(9-16-18)15(21)17-13(7-8-14(19)20)11-5-3-2-4-6-11/h2-6,9-10,13H,7-8H2,1H3,(H,17,21)(H,19,20)/t13-/m0/s1. The normalized spacial score (nSPS) is 11.9. The highest BCUT2D eigenvalue weighted by atomic mass is 16.4. The lowest BCUT2D eigenvalue weighted by Gasteiger charge is -2.18. The molecular weight excluding hydrogens is 270 g/mol. The molecule has 1 aromatic carbocycles. The van der Waals surface area contributed by atoms with Gasteiger partial charge in [0, 0.05) is 19.7 Å². The van der Waals surface area contributed by atoms with Gasteiger partial charge in [0.2, 0.25) is 0 Å². The molecule has 6 nitrogen and oxygen atoms in total. The van der Waals surface area contributed by atoms with Gasteiger partial charge in [-0.2, -0.15) is 5.10 Å². The van der Waals surface area contributed by atoms with E-state index in [-0.39, 0.29) is 18.4 Å². The predicted molar refractivity (Wildman–Crippen MR) is 76.7 cm³/mol. The third-order valence-corrected chi connectivity index (χ3v) is 3.12. The summed E-state index contributed by atoms with van der Waals surface area (Å²) >= 11 is 0. The number of hydrogen-bond acceptors (Lipinski definition) is 3. The molecule has 21 heavy (non-hydrogen) atoms. The largest absolute Gasteiger partial charge is 0.481 e. The first-order valence-corrected chi connectivity index (χ1v) is 6.62. The zero-order chi connectivity index (χ0) is 15.2. The van der Waals surface area contributed by atoms with E-state index in [0.29, 0.717) is 12.0 Å². The second kappa shape index (κ2) is 6.69. The molecule has 0 spiro atoms. The minimum atomic E-state index is -0.883. The predicted octanol–water partition coefficient (Wildman–Crippen LogP) is 1.76. The molecule has 1 amide bonds. The Morgan fingerprint density at radius 1 is 1.33 bits per heavy atom. The Hall–Kier alpha value is -2.63. The lowest BCUT2D eigenvalue weighted by atomic mass is 10.0. The summed E-state index contributed by atoms with van der Waals surface area (Å²) in [6.07, 6.45) is 3.43. The summed E-state index contributed by atoms with van der Waals surface area (Å²) in [4.78, 5) is 22.9. The van der Waals surface area contributed by atoms with Crippen LogP contribution in [0.2, 0.25) is 0 Å². The smallest absolute Gasteiger partial charge is 0.303 e. The van der Waals surface area contributed by atoms with Crippen LogP contribution in [0.3, 0.4) is 0 Å². The Balaban J connectivity index is 2.12. The van der Waals surface area contributed by atoms with Crippen molar-refractivity contribution in [2.45, 2.75) is 18.9 Å². The molecule has 110 valence electrons. The van der Waals surface area contributed by atoms with E-state index in [0.717, 1.165) is 5.56 Å². The van der Waals surface area contributed by atoms with E-state index in [1.165, 1.54) is 6.20 Å². The molecule has 1 atom stereocenters. The first kappa shape index (κ1) is 14.8. The zero-order valence-electron chi connectivity index (χ0n) is 11.7. The number of nitrogens with zero attached hydrogens (tertiary/aromatic N) is 2. The third-order valence-electron chi connectivity index (χ3n) is 3.12. The van der Waals surface area contributed by atoms with Gasteiger partial charge in [0.05, 0.1) is 17.8 Å². The van der Waals surface area contributed by atoms with Crippen molar-refractivity contribution in [1.29, 1.82) is 0 Å². The number of carbonyl (C=O) groups is 2. The van der Waals surface area contributed by atoms with E-state index in [1.54, 1.807) is 17.9 Å². The van der Waals surface area contributed by atoms with E-state index < -0.39 is 5.97 Å². The van der Waals surface area contributed by atoms with Crippen LogP contribution in [-0.2, 0) is 11.8 Å². The van der Waals surface area contributed by atoms with Gasteiger partial charge in [-0.05, 0) is 12.0 Å². The minimum Gasteiger partial charge on any atom is -0.481 e. The van der Waals surface area contributed by atoms with Crippen molar-refractivity contribution >= 4 is 11.9 Å². The van der Waals surface area contributed by atoms with Crippen LogP contribution in [0.5, 0.6) is 0 Å². The fraction of sp³-hybridized carbons (Fsp3) is 0.267. The maximum Gasteiger partial charge on any atom is 0.303 e. The van der Waals surface area contributed by atoms with Gasteiger partial charge in [-0.1, -0.05) is 30.3 Å². The first-order valence-electron chi connectivity index (χ1n) is 6.62. The summed E-state index contributed by atoms with van der Waals surface area (Å²) in [5.41, 5.74) is 1.34. The van der Waals surface area contributed by atoms with Crippen molar-refractivity contribution in [1.82, 2.24) is 15.1 Å². The molecule has 0 aliphatic carbocycles. The summed E-state index contributed by atoms with van der Waals surface area (Å²) in [6, 6.07) is 9.00. The monoisotopic (exact) mass is 287 g/mol. The Bertz CT molecular complexity index is 622. The number of carboxylic acid groups (broad SMARTS) is 1. The van der Waals surface area contributed by atoms with E-state index in [1.807, 2.05) is 30.3 Å². The molecule has 0 aliphatic rings. The highest BCUT2D eigenvalue weighted by Gasteiger charge is 2.17. The second-order valence-corrected chi connectivity index (χ2v) is 4.77. The van der Waals surface area contributed by atoms with Gasteiger partial charge in [0.15, 0.2) is 0 Å². The highest BCUT2D eigenvalue weighted by Crippen LogP contribution is 2.19. The second-order valence-electron chi connectivity index (χ2n) is 4.77. The van der Waals surface area contributed by atoms with Crippen molar-refractivity contribution < 1.29 is 14.7 Å². The molecule has 0 fully saturated rings. The van der Waals surface area contributed by atoms with E-state index in [2.05, 4.69) is 10.4 Å². The van der Waals surface area contributed by atoms with E-state index in [9.17, 15) is 9.59 Å². The molecule has 6 heteroatoms. The lowest BCUT2D eigenvalue weighted by Crippen LogP contribution is -2.28. The van der Waals surface area contributed by atoms with Crippen LogP contribution in [-0.4, -0.2) is 26.8 Å². The van der Waals surface area contributed by atoms with Gasteiger partial charge in [0.1, 0.15) is 0 Å². The molecular formula is C15H17N3O3. The molecule has 0 saturated heterocycles. The number of aromatic nitrogens is 2. The van der Waals surface area contributed by atoms with E-state index >= 15 is 0 Å². The summed E-state index contributed by atoms with van der Waals surface area (Å²) in [5, 5.41) is 15.7. The maximum absolute atomic E-state index is 12.2. The number of aliphatic carboxylic acids is 1. The average Bonchev–Trinajstić information content (AvgIpc) is 2.90. The number of carboxylic acids is 1. The van der Waals surface area contributed by atoms with Crippen LogP contribution in [0.1, 0.15) is 34.8 Å². The van der Waals surface area contributed by atoms with Gasteiger partial charge >= 0.3 is 5.97 Å². The number of carbonyl (C=O) groups excluding carboxylic acids is 1. The minimum absolute atomic E-state index is 0.00706. The fourth-order valence-corrected chi connectivity index (χ4v) is 2.06. The maximum atomic E-state index is 12.2. The van der Waals surface area contributed by atoms with Crippen LogP contribution in [0.25, 0.3) is 0 Å². The molecule has 0 aliphatic heterocycles. The van der Waals surface area contributed by atoms with Crippen LogP contribution >= 0.6 is 0 Å². The van der Waals surface area contributed by atoms with Crippen molar-refractivity contribution in [2.24, 2.45) is 7.05 Å². The van der Waals surface area contributed by atoms with Gasteiger partial charge in [0.25, 0.3) is 5.91 Å².